The lowest BCUT2D eigenvalue weighted by molar-refractivity contribution is -0.115. The van der Waals surface area contributed by atoms with E-state index >= 15 is 0 Å². The molecule has 0 aliphatic heterocycles. The summed E-state index contributed by atoms with van der Waals surface area (Å²) >= 11 is 2.86. The second-order valence-corrected chi connectivity index (χ2v) is 10.5. The van der Waals surface area contributed by atoms with Crippen LogP contribution in [-0.2, 0) is 17.6 Å². The summed E-state index contributed by atoms with van der Waals surface area (Å²) in [4.78, 5) is 32.4. The lowest BCUT2D eigenvalue weighted by Crippen LogP contribution is -2.14. The summed E-state index contributed by atoms with van der Waals surface area (Å²) < 4.78 is 0. The summed E-state index contributed by atoms with van der Waals surface area (Å²) in [6, 6.07) is 24.0. The second-order valence-electron chi connectivity index (χ2n) is 8.19. The molecule has 0 unspecified atom stereocenters. The van der Waals surface area contributed by atoms with Crippen molar-refractivity contribution >= 4 is 39.9 Å². The normalized spacial score (nSPS) is 10.6. The lowest BCUT2D eigenvalue weighted by Gasteiger charge is -2.04. The Kier molecular flexibility index (Phi) is 8.86. The number of carbonyl (C=O) groups is 2. The van der Waals surface area contributed by atoms with E-state index in [1.54, 1.807) is 48.2 Å². The van der Waals surface area contributed by atoms with Gasteiger partial charge in [0.25, 0.3) is 0 Å². The Morgan fingerprint density at radius 3 is 2.46 bits per heavy atom. The molecule has 0 bridgehead atoms. The van der Waals surface area contributed by atoms with Gasteiger partial charge in [-0.15, -0.1) is 11.8 Å². The van der Waals surface area contributed by atoms with Crippen LogP contribution in [0.3, 0.4) is 0 Å². The molecule has 8 heteroatoms. The van der Waals surface area contributed by atoms with E-state index in [-0.39, 0.29) is 24.7 Å². The van der Waals surface area contributed by atoms with Crippen molar-refractivity contribution in [1.29, 1.82) is 5.26 Å². The summed E-state index contributed by atoms with van der Waals surface area (Å²) in [6.07, 6.45) is 0.697. The molecule has 2 N–H and O–H groups in total. The summed E-state index contributed by atoms with van der Waals surface area (Å²) in [6.45, 7) is 2.13. The Balaban J connectivity index is 1.61. The van der Waals surface area contributed by atoms with Gasteiger partial charge in [-0.25, -0.2) is 4.98 Å². The number of aromatic nitrogens is 1. The van der Waals surface area contributed by atoms with Gasteiger partial charge in [0.05, 0.1) is 23.7 Å². The summed E-state index contributed by atoms with van der Waals surface area (Å²) in [5, 5.41) is 21.6. The van der Waals surface area contributed by atoms with Crippen molar-refractivity contribution in [2.75, 3.05) is 17.7 Å². The van der Waals surface area contributed by atoms with Crippen LogP contribution in [0.4, 0.5) is 5.13 Å². The Hall–Kier alpha value is -3.77. The number of nitriles is 1. The third-order valence-corrected chi connectivity index (χ3v) is 7.42. The fourth-order valence-electron chi connectivity index (χ4n) is 3.76. The van der Waals surface area contributed by atoms with Crippen LogP contribution >= 0.6 is 23.1 Å². The largest absolute Gasteiger partial charge is 0.396 e. The average molecular weight is 528 g/mol. The molecule has 3 aromatic carbocycles. The Morgan fingerprint density at radius 1 is 1.05 bits per heavy atom. The predicted octanol–water partition coefficient (Wildman–Crippen LogP) is 5.74. The zero-order chi connectivity index (χ0) is 26.2. The van der Waals surface area contributed by atoms with Gasteiger partial charge in [0.1, 0.15) is 4.88 Å². The molecular formula is C29H25N3O3S2. The van der Waals surface area contributed by atoms with Crippen molar-refractivity contribution in [1.82, 2.24) is 4.98 Å². The summed E-state index contributed by atoms with van der Waals surface area (Å²) in [5.74, 6) is 0.529. The van der Waals surface area contributed by atoms with E-state index in [0.717, 1.165) is 33.1 Å². The number of hydrogen-bond acceptors (Lipinski definition) is 7. The van der Waals surface area contributed by atoms with Gasteiger partial charge in [-0.2, -0.15) is 5.26 Å². The van der Waals surface area contributed by atoms with Crippen molar-refractivity contribution in [3.63, 3.8) is 0 Å². The first-order valence-corrected chi connectivity index (χ1v) is 13.6. The first-order valence-electron chi connectivity index (χ1n) is 11.8. The number of thiazole rings is 1. The van der Waals surface area contributed by atoms with Gasteiger partial charge >= 0.3 is 0 Å². The van der Waals surface area contributed by atoms with Crippen molar-refractivity contribution < 1.29 is 14.7 Å². The van der Waals surface area contributed by atoms with E-state index in [1.807, 2.05) is 36.4 Å². The maximum atomic E-state index is 13.5. The molecule has 1 amide bonds. The van der Waals surface area contributed by atoms with Gasteiger partial charge in [-0.05, 0) is 47.6 Å². The maximum absolute atomic E-state index is 13.5. The Labute approximate surface area is 224 Å². The molecule has 4 rings (SSSR count). The van der Waals surface area contributed by atoms with E-state index in [0.29, 0.717) is 38.8 Å². The van der Waals surface area contributed by atoms with Gasteiger partial charge in [0.2, 0.25) is 11.7 Å². The van der Waals surface area contributed by atoms with E-state index in [1.165, 1.54) is 0 Å². The summed E-state index contributed by atoms with van der Waals surface area (Å²) in [7, 11) is 0. The van der Waals surface area contributed by atoms with Crippen LogP contribution in [0.1, 0.15) is 38.8 Å². The monoisotopic (exact) mass is 527 g/mol. The third-order valence-electron chi connectivity index (χ3n) is 5.56. The molecule has 6 nitrogen and oxygen atoms in total. The number of nitrogens with zero attached hydrogens (tertiary/aromatic N) is 2. The molecule has 1 aromatic heterocycles. The molecular weight excluding hydrogens is 502 g/mol. The van der Waals surface area contributed by atoms with Gasteiger partial charge in [-0.3, -0.25) is 9.59 Å². The Morgan fingerprint density at radius 2 is 1.78 bits per heavy atom. The van der Waals surface area contributed by atoms with Crippen LogP contribution in [0.2, 0.25) is 0 Å². The smallest absolute Gasteiger partial charge is 0.230 e. The molecule has 0 spiro atoms. The number of hydrogen-bond donors (Lipinski definition) is 2. The van der Waals surface area contributed by atoms with Crippen molar-refractivity contribution in [3.8, 4) is 17.3 Å². The number of thioether (sulfide) groups is 1. The molecule has 0 saturated carbocycles. The fraction of sp³-hybridized carbons (Fsp3) is 0.172. The number of anilines is 1. The van der Waals surface area contributed by atoms with E-state index < -0.39 is 0 Å². The van der Waals surface area contributed by atoms with Crippen LogP contribution < -0.4 is 5.32 Å². The molecule has 0 aliphatic rings. The number of carbonyl (C=O) groups excluding carboxylic acids is 2. The highest BCUT2D eigenvalue weighted by Crippen LogP contribution is 2.33. The highest BCUT2D eigenvalue weighted by molar-refractivity contribution is 7.99. The van der Waals surface area contributed by atoms with Crippen LogP contribution in [-0.4, -0.2) is 34.1 Å². The van der Waals surface area contributed by atoms with Gasteiger partial charge in [0, 0.05) is 22.6 Å². The topological polar surface area (TPSA) is 103 Å². The number of amides is 1. The van der Waals surface area contributed by atoms with E-state index in [2.05, 4.69) is 23.3 Å². The second kappa shape index (κ2) is 12.5. The molecule has 186 valence electrons. The van der Waals surface area contributed by atoms with Gasteiger partial charge < -0.3 is 10.4 Å². The molecule has 37 heavy (non-hydrogen) atoms. The van der Waals surface area contributed by atoms with Crippen LogP contribution in [0.25, 0.3) is 11.3 Å². The van der Waals surface area contributed by atoms with Crippen LogP contribution in [0.5, 0.6) is 0 Å². The Bertz CT molecular complexity index is 1440. The van der Waals surface area contributed by atoms with Crippen LogP contribution in [0.15, 0.2) is 77.7 Å². The third kappa shape index (κ3) is 6.71. The SMILES string of the molecule is CCSc1ccc(CC(=O)Nc2nc(-c3cccc(C#N)c3)c(C(=O)c3ccc(CCO)cc3)s2)cc1. The minimum Gasteiger partial charge on any atom is -0.396 e. The molecule has 0 aliphatic carbocycles. The first-order chi connectivity index (χ1) is 18.0. The molecule has 0 radical (unpaired) electrons. The van der Waals surface area contributed by atoms with E-state index in [4.69, 9.17) is 5.11 Å². The number of ketones is 1. The number of aliphatic hydroxyl groups is 1. The number of benzene rings is 3. The zero-order valence-electron chi connectivity index (χ0n) is 20.2. The quantitative estimate of drug-likeness (QED) is 0.201. The highest BCUT2D eigenvalue weighted by atomic mass is 32.2. The summed E-state index contributed by atoms with van der Waals surface area (Å²) in [5.41, 5.74) is 3.79. The molecule has 0 fully saturated rings. The minimum atomic E-state index is -0.227. The molecule has 0 saturated heterocycles. The van der Waals surface area contributed by atoms with E-state index in [9.17, 15) is 14.9 Å². The van der Waals surface area contributed by atoms with Gasteiger partial charge in [0.15, 0.2) is 5.13 Å². The zero-order valence-corrected chi connectivity index (χ0v) is 21.9. The average Bonchev–Trinajstić information content (AvgIpc) is 3.34. The molecule has 0 atom stereocenters. The van der Waals surface area contributed by atoms with Gasteiger partial charge in [-0.1, -0.05) is 66.8 Å². The minimum absolute atomic E-state index is 0.0342. The van der Waals surface area contributed by atoms with Crippen LogP contribution in [0, 0.1) is 11.3 Å². The van der Waals surface area contributed by atoms with Crippen molar-refractivity contribution in [3.05, 3.63) is 99.9 Å². The number of rotatable bonds is 10. The fourth-order valence-corrected chi connectivity index (χ4v) is 5.39. The number of nitrogens with one attached hydrogen (secondary N) is 1. The first kappa shape index (κ1) is 26.3. The van der Waals surface area contributed by atoms with Crippen molar-refractivity contribution in [2.45, 2.75) is 24.7 Å². The standard InChI is InChI=1S/C29H25N3O3S2/c1-2-36-24-12-8-20(9-13-24)17-25(34)31-29-32-26(23-5-3-4-21(16-23)18-30)28(37-29)27(35)22-10-6-19(7-11-22)14-15-33/h3-13,16,33H,2,14-15,17H2,1H3,(H,31,32,34). The predicted molar refractivity (Wildman–Crippen MR) is 148 cm³/mol. The highest BCUT2D eigenvalue weighted by Gasteiger charge is 2.22. The van der Waals surface area contributed by atoms with Crippen molar-refractivity contribution in [2.24, 2.45) is 0 Å². The number of aliphatic hydroxyl groups excluding tert-OH is 1. The maximum Gasteiger partial charge on any atom is 0.230 e. The molecule has 1 heterocycles. The lowest BCUT2D eigenvalue weighted by atomic mass is 10.0. The molecule has 4 aromatic rings.